The number of piperidine rings is 1. The van der Waals surface area contributed by atoms with Gasteiger partial charge in [0.2, 0.25) is 5.91 Å². The van der Waals surface area contributed by atoms with E-state index in [1.165, 1.54) is 12.8 Å². The second-order valence-corrected chi connectivity index (χ2v) is 6.94. The molecule has 1 amide bonds. The number of amides is 1. The SMILES string of the molecule is CCC(O)(CC)CN1CCC(CC(=O)N2CCCC2)CC1. The van der Waals surface area contributed by atoms with E-state index in [4.69, 9.17) is 0 Å². The van der Waals surface area contributed by atoms with Crippen LogP contribution in [0.5, 0.6) is 0 Å². The molecule has 2 aliphatic heterocycles. The minimum absolute atomic E-state index is 0.365. The van der Waals surface area contributed by atoms with Crippen LogP contribution in [-0.4, -0.2) is 59.1 Å². The average molecular weight is 296 g/mol. The summed E-state index contributed by atoms with van der Waals surface area (Å²) in [4.78, 5) is 16.6. The molecule has 0 unspecified atom stereocenters. The Labute approximate surface area is 129 Å². The van der Waals surface area contributed by atoms with Gasteiger partial charge in [-0.3, -0.25) is 4.79 Å². The van der Waals surface area contributed by atoms with Crippen molar-refractivity contribution < 1.29 is 9.90 Å². The Morgan fingerprint density at radius 2 is 1.67 bits per heavy atom. The van der Waals surface area contributed by atoms with E-state index in [1.807, 2.05) is 4.90 Å². The van der Waals surface area contributed by atoms with Crippen LogP contribution < -0.4 is 0 Å². The molecule has 2 saturated heterocycles. The van der Waals surface area contributed by atoms with Crippen molar-refractivity contribution in [3.05, 3.63) is 0 Å². The van der Waals surface area contributed by atoms with Gasteiger partial charge in [0.05, 0.1) is 5.60 Å². The maximum Gasteiger partial charge on any atom is 0.222 e. The molecule has 4 heteroatoms. The highest BCUT2D eigenvalue weighted by molar-refractivity contribution is 5.76. The first-order valence-electron chi connectivity index (χ1n) is 8.79. The number of hydrogen-bond donors (Lipinski definition) is 1. The van der Waals surface area contributed by atoms with Crippen LogP contribution in [0.2, 0.25) is 0 Å². The Hall–Kier alpha value is -0.610. The molecule has 1 N–H and O–H groups in total. The lowest BCUT2D eigenvalue weighted by Gasteiger charge is -2.37. The largest absolute Gasteiger partial charge is 0.389 e. The Kier molecular flexibility index (Phi) is 6.06. The first-order valence-corrected chi connectivity index (χ1v) is 8.79. The van der Waals surface area contributed by atoms with E-state index in [0.717, 1.165) is 64.8 Å². The molecule has 2 aliphatic rings. The molecule has 0 bridgehead atoms. The van der Waals surface area contributed by atoms with E-state index in [-0.39, 0.29) is 0 Å². The van der Waals surface area contributed by atoms with Gasteiger partial charge in [-0.15, -0.1) is 0 Å². The van der Waals surface area contributed by atoms with Crippen molar-refractivity contribution in [1.29, 1.82) is 0 Å². The van der Waals surface area contributed by atoms with Crippen molar-refractivity contribution in [1.82, 2.24) is 9.80 Å². The number of β-amino-alcohol motifs (C(OH)–C–C–N with tert-alkyl or cyclic N) is 1. The van der Waals surface area contributed by atoms with Gasteiger partial charge in [-0.25, -0.2) is 0 Å². The molecule has 0 spiro atoms. The molecule has 0 atom stereocenters. The number of likely N-dealkylation sites (tertiary alicyclic amines) is 2. The van der Waals surface area contributed by atoms with Crippen molar-refractivity contribution in [2.24, 2.45) is 5.92 Å². The standard InChI is InChI=1S/C17H32N2O2/c1-3-17(21,4-2)14-18-11-7-15(8-12-18)13-16(20)19-9-5-6-10-19/h15,21H,3-14H2,1-2H3. The molecule has 21 heavy (non-hydrogen) atoms. The zero-order chi connectivity index (χ0) is 15.3. The predicted molar refractivity (Wildman–Crippen MR) is 85.1 cm³/mol. The molecule has 122 valence electrons. The number of hydrogen-bond acceptors (Lipinski definition) is 3. The summed E-state index contributed by atoms with van der Waals surface area (Å²) in [6.07, 6.45) is 6.92. The van der Waals surface area contributed by atoms with Gasteiger partial charge in [0, 0.05) is 26.1 Å². The van der Waals surface area contributed by atoms with Crippen LogP contribution in [0.1, 0.15) is 58.8 Å². The van der Waals surface area contributed by atoms with Crippen molar-refractivity contribution in [3.63, 3.8) is 0 Å². The smallest absolute Gasteiger partial charge is 0.222 e. The molecular formula is C17H32N2O2. The van der Waals surface area contributed by atoms with Crippen LogP contribution >= 0.6 is 0 Å². The van der Waals surface area contributed by atoms with Crippen LogP contribution in [0.4, 0.5) is 0 Å². The summed E-state index contributed by atoms with van der Waals surface area (Å²) >= 11 is 0. The van der Waals surface area contributed by atoms with Crippen LogP contribution in [0.15, 0.2) is 0 Å². The van der Waals surface area contributed by atoms with Gasteiger partial charge >= 0.3 is 0 Å². The molecule has 0 saturated carbocycles. The molecule has 2 heterocycles. The van der Waals surface area contributed by atoms with Gasteiger partial charge in [0.1, 0.15) is 0 Å². The summed E-state index contributed by atoms with van der Waals surface area (Å²) in [5.74, 6) is 0.912. The van der Waals surface area contributed by atoms with Crippen LogP contribution in [0.25, 0.3) is 0 Å². The van der Waals surface area contributed by atoms with E-state index < -0.39 is 5.60 Å². The summed E-state index contributed by atoms with van der Waals surface area (Å²) in [7, 11) is 0. The van der Waals surface area contributed by atoms with Gasteiger partial charge in [-0.2, -0.15) is 0 Å². The van der Waals surface area contributed by atoms with Crippen molar-refractivity contribution in [2.75, 3.05) is 32.7 Å². The maximum atomic E-state index is 12.2. The second-order valence-electron chi connectivity index (χ2n) is 6.94. The average Bonchev–Trinajstić information content (AvgIpc) is 3.03. The summed E-state index contributed by atoms with van der Waals surface area (Å²) in [5.41, 5.74) is -0.530. The topological polar surface area (TPSA) is 43.8 Å². The van der Waals surface area contributed by atoms with Gasteiger partial charge < -0.3 is 14.9 Å². The van der Waals surface area contributed by atoms with Crippen LogP contribution in [0.3, 0.4) is 0 Å². The number of nitrogens with zero attached hydrogens (tertiary/aromatic N) is 2. The predicted octanol–water partition coefficient (Wildman–Crippen LogP) is 2.26. The van der Waals surface area contributed by atoms with Crippen LogP contribution in [0, 0.1) is 5.92 Å². The zero-order valence-corrected chi connectivity index (χ0v) is 13.8. The zero-order valence-electron chi connectivity index (χ0n) is 13.8. The Bertz CT molecular complexity index is 328. The van der Waals surface area contributed by atoms with E-state index in [0.29, 0.717) is 11.8 Å². The molecule has 0 aromatic carbocycles. The van der Waals surface area contributed by atoms with Crippen molar-refractivity contribution in [2.45, 2.75) is 64.4 Å². The lowest BCUT2D eigenvalue weighted by molar-refractivity contribution is -0.131. The van der Waals surface area contributed by atoms with E-state index in [1.54, 1.807) is 0 Å². The number of rotatable bonds is 6. The normalized spacial score (nSPS) is 22.0. The molecule has 0 aromatic rings. The van der Waals surface area contributed by atoms with E-state index in [2.05, 4.69) is 18.7 Å². The first kappa shape index (κ1) is 16.8. The summed E-state index contributed by atoms with van der Waals surface area (Å²) < 4.78 is 0. The van der Waals surface area contributed by atoms with Gasteiger partial charge in [-0.05, 0) is 57.5 Å². The van der Waals surface area contributed by atoms with E-state index >= 15 is 0 Å². The third-order valence-corrected chi connectivity index (χ3v) is 5.46. The molecule has 4 nitrogen and oxygen atoms in total. The molecule has 0 radical (unpaired) electrons. The highest BCUT2D eigenvalue weighted by atomic mass is 16.3. The third-order valence-electron chi connectivity index (χ3n) is 5.46. The minimum Gasteiger partial charge on any atom is -0.389 e. The van der Waals surface area contributed by atoms with Crippen molar-refractivity contribution >= 4 is 5.91 Å². The molecule has 2 fully saturated rings. The monoisotopic (exact) mass is 296 g/mol. The number of carbonyl (C=O) groups excluding carboxylic acids is 1. The second kappa shape index (κ2) is 7.59. The molecule has 0 aromatic heterocycles. The Morgan fingerprint density at radius 3 is 2.19 bits per heavy atom. The first-order chi connectivity index (χ1) is 10.1. The highest BCUT2D eigenvalue weighted by Crippen LogP contribution is 2.25. The van der Waals surface area contributed by atoms with Crippen LogP contribution in [-0.2, 0) is 4.79 Å². The quantitative estimate of drug-likeness (QED) is 0.817. The molecule has 2 rings (SSSR count). The maximum absolute atomic E-state index is 12.2. The van der Waals surface area contributed by atoms with Crippen molar-refractivity contribution in [3.8, 4) is 0 Å². The molecule has 0 aliphatic carbocycles. The van der Waals surface area contributed by atoms with Gasteiger partial charge in [0.25, 0.3) is 0 Å². The Balaban J connectivity index is 1.71. The summed E-state index contributed by atoms with van der Waals surface area (Å²) in [6, 6.07) is 0. The third kappa shape index (κ3) is 4.68. The fourth-order valence-corrected chi connectivity index (χ4v) is 3.58. The van der Waals surface area contributed by atoms with Gasteiger partial charge in [-0.1, -0.05) is 13.8 Å². The fourth-order valence-electron chi connectivity index (χ4n) is 3.58. The van der Waals surface area contributed by atoms with Gasteiger partial charge in [0.15, 0.2) is 0 Å². The lowest BCUT2D eigenvalue weighted by atomic mass is 9.90. The summed E-state index contributed by atoms with van der Waals surface area (Å²) in [5, 5.41) is 10.4. The molecular weight excluding hydrogens is 264 g/mol. The fraction of sp³-hybridized carbons (Fsp3) is 0.941. The lowest BCUT2D eigenvalue weighted by Crippen LogP contribution is -2.46. The number of carbonyl (C=O) groups is 1. The van der Waals surface area contributed by atoms with E-state index in [9.17, 15) is 9.90 Å². The summed E-state index contributed by atoms with van der Waals surface area (Å²) in [6.45, 7) is 8.90. The number of aliphatic hydroxyl groups is 1. The Morgan fingerprint density at radius 1 is 1.10 bits per heavy atom. The highest BCUT2D eigenvalue weighted by Gasteiger charge is 2.29. The minimum atomic E-state index is -0.530.